The predicted octanol–water partition coefficient (Wildman–Crippen LogP) is 2.27. The zero-order valence-corrected chi connectivity index (χ0v) is 12.3. The van der Waals surface area contributed by atoms with Gasteiger partial charge in [0.05, 0.1) is 18.0 Å². The fourth-order valence-corrected chi connectivity index (χ4v) is 1.93. The fourth-order valence-electron chi connectivity index (χ4n) is 1.72. The average Bonchev–Trinajstić information content (AvgIpc) is 2.40. The molecule has 0 saturated carbocycles. The first kappa shape index (κ1) is 16.0. The van der Waals surface area contributed by atoms with E-state index in [0.717, 1.165) is 19.3 Å². The van der Waals surface area contributed by atoms with Crippen LogP contribution in [-0.2, 0) is 6.54 Å². The molecule has 0 bridgehead atoms. The third-order valence-electron chi connectivity index (χ3n) is 2.86. The van der Waals surface area contributed by atoms with Crippen molar-refractivity contribution in [2.45, 2.75) is 52.2 Å². The van der Waals surface area contributed by atoms with E-state index in [4.69, 9.17) is 11.6 Å². The zero-order chi connectivity index (χ0) is 14.3. The molecule has 0 aromatic carbocycles. The number of hydrogen-bond donors (Lipinski definition) is 2. The predicted molar refractivity (Wildman–Crippen MR) is 77.8 cm³/mol. The highest BCUT2D eigenvalue weighted by Crippen LogP contribution is 2.15. The number of hydrogen-bond acceptors (Lipinski definition) is 4. The van der Waals surface area contributed by atoms with Crippen molar-refractivity contribution in [1.29, 1.82) is 0 Å². The molecule has 0 saturated heterocycles. The van der Waals surface area contributed by atoms with Crippen LogP contribution in [-0.4, -0.2) is 27.5 Å². The summed E-state index contributed by atoms with van der Waals surface area (Å²) in [5.74, 6) is 0. The van der Waals surface area contributed by atoms with Gasteiger partial charge in [-0.15, -0.1) is 0 Å². The minimum Gasteiger partial charge on any atom is -0.391 e. The summed E-state index contributed by atoms with van der Waals surface area (Å²) in [6, 6.07) is 0. The molecule has 1 aromatic heterocycles. The largest absolute Gasteiger partial charge is 0.391 e. The minimum atomic E-state index is -0.441. The number of anilines is 1. The number of aromatic nitrogens is 2. The molecule has 1 unspecified atom stereocenters. The van der Waals surface area contributed by atoms with Gasteiger partial charge < -0.3 is 10.4 Å². The van der Waals surface area contributed by atoms with Crippen LogP contribution in [0.5, 0.6) is 0 Å². The lowest BCUT2D eigenvalue weighted by molar-refractivity contribution is 0.176. The molecule has 5 nitrogen and oxygen atoms in total. The molecule has 0 amide bonds. The van der Waals surface area contributed by atoms with Crippen LogP contribution in [0.3, 0.4) is 0 Å². The summed E-state index contributed by atoms with van der Waals surface area (Å²) in [6.07, 6.45) is 4.61. The van der Waals surface area contributed by atoms with E-state index in [0.29, 0.717) is 25.2 Å². The first-order chi connectivity index (χ1) is 9.10. The van der Waals surface area contributed by atoms with Gasteiger partial charge in [0.2, 0.25) is 0 Å². The van der Waals surface area contributed by atoms with Crippen molar-refractivity contribution < 1.29 is 5.11 Å². The number of aryl methyl sites for hydroxylation is 1. The van der Waals surface area contributed by atoms with Gasteiger partial charge in [0.1, 0.15) is 5.02 Å². The van der Waals surface area contributed by atoms with Crippen molar-refractivity contribution in [2.24, 2.45) is 0 Å². The SMILES string of the molecule is CCCCn1ncc(NCC(O)CCC)c(Cl)c1=O. The molecule has 0 aliphatic heterocycles. The van der Waals surface area contributed by atoms with Crippen LogP contribution in [0.4, 0.5) is 5.69 Å². The standard InChI is InChI=1S/C13H22ClN3O2/c1-3-5-7-17-13(19)12(14)11(9-16-17)15-8-10(18)6-4-2/h9-10,15,18H,3-8H2,1-2H3. The van der Waals surface area contributed by atoms with E-state index in [1.54, 1.807) is 0 Å². The van der Waals surface area contributed by atoms with E-state index in [1.165, 1.54) is 10.9 Å². The quantitative estimate of drug-likeness (QED) is 0.770. The molecular weight excluding hydrogens is 266 g/mol. The van der Waals surface area contributed by atoms with E-state index in [-0.39, 0.29) is 10.6 Å². The van der Waals surface area contributed by atoms with Crippen molar-refractivity contribution >= 4 is 17.3 Å². The Morgan fingerprint density at radius 1 is 1.47 bits per heavy atom. The molecule has 1 rings (SSSR count). The second-order valence-corrected chi connectivity index (χ2v) is 4.96. The third kappa shape index (κ3) is 4.84. The van der Waals surface area contributed by atoms with Gasteiger partial charge in [-0.3, -0.25) is 4.79 Å². The Morgan fingerprint density at radius 2 is 2.21 bits per heavy atom. The lowest BCUT2D eigenvalue weighted by Gasteiger charge is -2.13. The number of nitrogens with one attached hydrogen (secondary N) is 1. The lowest BCUT2D eigenvalue weighted by Crippen LogP contribution is -2.26. The highest BCUT2D eigenvalue weighted by atomic mass is 35.5. The van der Waals surface area contributed by atoms with Crippen LogP contribution in [0.2, 0.25) is 5.02 Å². The van der Waals surface area contributed by atoms with Crippen LogP contribution < -0.4 is 10.9 Å². The molecule has 1 heterocycles. The monoisotopic (exact) mass is 287 g/mol. The van der Waals surface area contributed by atoms with E-state index in [1.807, 2.05) is 6.92 Å². The van der Waals surface area contributed by atoms with E-state index in [2.05, 4.69) is 17.3 Å². The maximum absolute atomic E-state index is 11.9. The highest BCUT2D eigenvalue weighted by molar-refractivity contribution is 6.32. The molecule has 108 valence electrons. The number of halogens is 1. The summed E-state index contributed by atoms with van der Waals surface area (Å²) >= 11 is 6.02. The Hall–Kier alpha value is -1.07. The number of nitrogens with zero attached hydrogens (tertiary/aromatic N) is 2. The lowest BCUT2D eigenvalue weighted by atomic mass is 10.2. The van der Waals surface area contributed by atoms with Crippen molar-refractivity contribution in [1.82, 2.24) is 9.78 Å². The van der Waals surface area contributed by atoms with Gasteiger partial charge in [-0.05, 0) is 12.8 Å². The van der Waals surface area contributed by atoms with Crippen molar-refractivity contribution in [3.63, 3.8) is 0 Å². The van der Waals surface area contributed by atoms with Crippen LogP contribution in [0, 0.1) is 0 Å². The average molecular weight is 288 g/mol. The molecule has 0 aliphatic carbocycles. The molecule has 6 heteroatoms. The molecule has 1 aromatic rings. The van der Waals surface area contributed by atoms with E-state index in [9.17, 15) is 9.90 Å². The summed E-state index contributed by atoms with van der Waals surface area (Å²) in [5.41, 5.74) is 0.194. The maximum Gasteiger partial charge on any atom is 0.287 e. The highest BCUT2D eigenvalue weighted by Gasteiger charge is 2.10. The van der Waals surface area contributed by atoms with Crippen LogP contribution in [0.15, 0.2) is 11.0 Å². The van der Waals surface area contributed by atoms with E-state index < -0.39 is 6.10 Å². The normalized spacial score (nSPS) is 12.4. The van der Waals surface area contributed by atoms with Crippen molar-refractivity contribution in [3.05, 3.63) is 21.6 Å². The Bertz CT molecular complexity index is 448. The third-order valence-corrected chi connectivity index (χ3v) is 3.22. The maximum atomic E-state index is 11.9. The fraction of sp³-hybridized carbons (Fsp3) is 0.692. The van der Waals surface area contributed by atoms with Gasteiger partial charge >= 0.3 is 0 Å². The van der Waals surface area contributed by atoms with E-state index >= 15 is 0 Å². The second-order valence-electron chi connectivity index (χ2n) is 4.58. The van der Waals surface area contributed by atoms with Crippen LogP contribution in [0.1, 0.15) is 39.5 Å². The zero-order valence-electron chi connectivity index (χ0n) is 11.5. The summed E-state index contributed by atoms with van der Waals surface area (Å²) < 4.78 is 1.37. The smallest absolute Gasteiger partial charge is 0.287 e. The molecule has 0 spiro atoms. The molecular formula is C13H22ClN3O2. The Kier molecular flexibility index (Phi) is 6.87. The van der Waals surface area contributed by atoms with Gasteiger partial charge in [-0.25, -0.2) is 4.68 Å². The Balaban J connectivity index is 2.71. The number of aliphatic hydroxyl groups is 1. The first-order valence-corrected chi connectivity index (χ1v) is 7.15. The van der Waals surface area contributed by atoms with Crippen LogP contribution in [0.25, 0.3) is 0 Å². The molecule has 19 heavy (non-hydrogen) atoms. The topological polar surface area (TPSA) is 67.2 Å². The Labute approximate surface area is 118 Å². The number of unbranched alkanes of at least 4 members (excludes halogenated alkanes) is 1. The number of aliphatic hydroxyl groups excluding tert-OH is 1. The van der Waals surface area contributed by atoms with Gasteiger partial charge in [0, 0.05) is 13.1 Å². The molecule has 1 atom stereocenters. The van der Waals surface area contributed by atoms with Crippen molar-refractivity contribution in [3.8, 4) is 0 Å². The molecule has 2 N–H and O–H groups in total. The van der Waals surface area contributed by atoms with Crippen molar-refractivity contribution in [2.75, 3.05) is 11.9 Å². The summed E-state index contributed by atoms with van der Waals surface area (Å²) in [7, 11) is 0. The van der Waals surface area contributed by atoms with Gasteiger partial charge in [-0.2, -0.15) is 5.10 Å². The summed E-state index contributed by atoms with van der Waals surface area (Å²) in [6.45, 7) is 5.01. The molecule has 0 aliphatic rings. The van der Waals surface area contributed by atoms with Gasteiger partial charge in [0.25, 0.3) is 5.56 Å². The first-order valence-electron chi connectivity index (χ1n) is 6.77. The van der Waals surface area contributed by atoms with Crippen LogP contribution >= 0.6 is 11.6 Å². The van der Waals surface area contributed by atoms with Gasteiger partial charge in [0.15, 0.2) is 0 Å². The molecule has 0 radical (unpaired) electrons. The Morgan fingerprint density at radius 3 is 2.84 bits per heavy atom. The molecule has 0 fully saturated rings. The summed E-state index contributed by atoms with van der Waals surface area (Å²) in [4.78, 5) is 11.9. The second kappa shape index (κ2) is 8.17. The van der Waals surface area contributed by atoms with Gasteiger partial charge in [-0.1, -0.05) is 38.3 Å². The number of rotatable bonds is 8. The minimum absolute atomic E-state index is 0.134. The summed E-state index contributed by atoms with van der Waals surface area (Å²) in [5, 5.41) is 16.8.